The molecule has 6 N–H and O–H groups in total. The highest BCUT2D eigenvalue weighted by molar-refractivity contribution is 7.47. The maximum atomic E-state index is 12.7. The van der Waals surface area contributed by atoms with Crippen molar-refractivity contribution < 1.29 is 71.8 Å². The summed E-state index contributed by atoms with van der Waals surface area (Å²) >= 11 is 0. The zero-order chi connectivity index (χ0) is 45.5. The monoisotopic (exact) mass is 906 g/mol. The molecular formula is C44H76O15P2. The predicted octanol–water partition coefficient (Wildman–Crippen LogP) is 8.95. The molecule has 17 heteroatoms. The molecule has 0 spiro atoms. The molecule has 0 aliphatic carbocycles. The summed E-state index contributed by atoms with van der Waals surface area (Å²) in [4.78, 5) is 52.7. The van der Waals surface area contributed by atoms with Crippen LogP contribution in [0.1, 0.15) is 142 Å². The van der Waals surface area contributed by atoms with Crippen molar-refractivity contribution in [3.63, 3.8) is 0 Å². The van der Waals surface area contributed by atoms with Gasteiger partial charge in [-0.1, -0.05) is 138 Å². The summed E-state index contributed by atoms with van der Waals surface area (Å²) in [6.45, 7) is 1.37. The molecule has 0 aliphatic heterocycles. The van der Waals surface area contributed by atoms with Gasteiger partial charge in [0, 0.05) is 12.8 Å². The Morgan fingerprint density at radius 2 is 1.07 bits per heavy atom. The molecule has 0 aromatic heterocycles. The smallest absolute Gasteiger partial charge is 0.462 e. The number of carbonyl (C=O) groups excluding carboxylic acids is 2. The Kier molecular flexibility index (Phi) is 37.5. The minimum absolute atomic E-state index is 0.0577. The second-order valence-corrected chi connectivity index (χ2v) is 17.4. The lowest BCUT2D eigenvalue weighted by Gasteiger charge is -2.20. The van der Waals surface area contributed by atoms with Gasteiger partial charge in [0.2, 0.25) is 0 Å². The third kappa shape index (κ3) is 42.6. The van der Waals surface area contributed by atoms with Gasteiger partial charge in [-0.25, -0.2) is 9.13 Å². The Hall–Kier alpha value is -2.52. The van der Waals surface area contributed by atoms with Crippen LogP contribution in [0.3, 0.4) is 0 Å². The van der Waals surface area contributed by atoms with Crippen molar-refractivity contribution in [3.05, 3.63) is 72.9 Å². The molecule has 0 aromatic carbocycles. The van der Waals surface area contributed by atoms with Crippen LogP contribution in [-0.2, 0) is 41.8 Å². The van der Waals surface area contributed by atoms with Crippen molar-refractivity contribution in [3.8, 4) is 0 Å². The third-order valence-electron chi connectivity index (χ3n) is 8.78. The van der Waals surface area contributed by atoms with Gasteiger partial charge in [0.25, 0.3) is 0 Å². The van der Waals surface area contributed by atoms with Crippen molar-refractivity contribution in [2.24, 2.45) is 0 Å². The zero-order valence-electron chi connectivity index (χ0n) is 36.5. The van der Waals surface area contributed by atoms with Gasteiger partial charge < -0.3 is 39.5 Å². The van der Waals surface area contributed by atoms with E-state index in [1.807, 2.05) is 6.08 Å². The number of rotatable bonds is 40. The fourth-order valence-electron chi connectivity index (χ4n) is 5.35. The second-order valence-electron chi connectivity index (χ2n) is 14.7. The average molecular weight is 907 g/mol. The summed E-state index contributed by atoms with van der Waals surface area (Å²) in [5.41, 5.74) is 0. The van der Waals surface area contributed by atoms with E-state index in [0.717, 1.165) is 51.4 Å². The van der Waals surface area contributed by atoms with Crippen LogP contribution >= 0.6 is 15.6 Å². The van der Waals surface area contributed by atoms with Crippen LogP contribution in [0.15, 0.2) is 72.9 Å². The van der Waals surface area contributed by atoms with Crippen molar-refractivity contribution in [1.29, 1.82) is 0 Å². The zero-order valence-corrected chi connectivity index (χ0v) is 38.2. The third-order valence-corrected chi connectivity index (χ3v) is 10.2. The Labute approximate surface area is 364 Å². The molecule has 352 valence electrons. The fourth-order valence-corrected chi connectivity index (χ4v) is 6.51. The van der Waals surface area contributed by atoms with Gasteiger partial charge in [0.15, 0.2) is 6.10 Å². The largest absolute Gasteiger partial charge is 0.472 e. The van der Waals surface area contributed by atoms with E-state index in [1.54, 1.807) is 36.5 Å². The van der Waals surface area contributed by atoms with E-state index in [0.29, 0.717) is 12.8 Å². The van der Waals surface area contributed by atoms with E-state index in [4.69, 9.17) is 23.8 Å². The minimum Gasteiger partial charge on any atom is -0.462 e. The first-order valence-corrected chi connectivity index (χ1v) is 24.9. The molecule has 0 saturated heterocycles. The first-order valence-electron chi connectivity index (χ1n) is 21.9. The van der Waals surface area contributed by atoms with E-state index >= 15 is 0 Å². The number of unbranched alkanes of at least 4 members (excludes halogenated alkanes) is 12. The van der Waals surface area contributed by atoms with Gasteiger partial charge in [0.05, 0.1) is 32.0 Å². The number of hydrogen-bond acceptors (Lipinski definition) is 12. The number of allylic oxidation sites excluding steroid dienone is 9. The number of phosphoric acid groups is 2. The molecule has 0 fully saturated rings. The van der Waals surface area contributed by atoms with Crippen LogP contribution in [0.5, 0.6) is 0 Å². The van der Waals surface area contributed by atoms with Crippen molar-refractivity contribution in [2.75, 3.05) is 26.4 Å². The topological polar surface area (TPSA) is 236 Å². The molecule has 1 unspecified atom stereocenters. The maximum Gasteiger partial charge on any atom is 0.472 e. The normalized spacial score (nSPS) is 15.7. The van der Waals surface area contributed by atoms with Crippen LogP contribution in [0.2, 0.25) is 0 Å². The van der Waals surface area contributed by atoms with Gasteiger partial charge in [-0.2, -0.15) is 0 Å². The number of carbonyl (C=O) groups is 2. The molecular weight excluding hydrogens is 830 g/mol. The number of esters is 2. The molecule has 5 atom stereocenters. The average Bonchev–Trinajstić information content (AvgIpc) is 3.21. The number of aliphatic hydroxyl groups excluding tert-OH is 3. The Morgan fingerprint density at radius 1 is 0.541 bits per heavy atom. The van der Waals surface area contributed by atoms with Gasteiger partial charge in [-0.15, -0.1) is 0 Å². The van der Waals surface area contributed by atoms with Crippen molar-refractivity contribution in [2.45, 2.75) is 167 Å². The molecule has 0 aliphatic rings. The molecule has 0 saturated carbocycles. The first kappa shape index (κ1) is 58.5. The van der Waals surface area contributed by atoms with Crippen LogP contribution in [0, 0.1) is 0 Å². The summed E-state index contributed by atoms with van der Waals surface area (Å²) in [5.74, 6) is -1.30. The van der Waals surface area contributed by atoms with Crippen molar-refractivity contribution in [1.82, 2.24) is 0 Å². The van der Waals surface area contributed by atoms with Gasteiger partial charge in [-0.05, 0) is 64.2 Å². The van der Waals surface area contributed by atoms with E-state index < -0.39 is 78.4 Å². The molecule has 61 heavy (non-hydrogen) atoms. The summed E-state index contributed by atoms with van der Waals surface area (Å²) in [5, 5.41) is 30.0. The Bertz CT molecular complexity index is 1390. The summed E-state index contributed by atoms with van der Waals surface area (Å²) in [7, 11) is -9.77. The van der Waals surface area contributed by atoms with Gasteiger partial charge >= 0.3 is 27.6 Å². The highest BCUT2D eigenvalue weighted by atomic mass is 31.2. The molecule has 0 aromatic rings. The van der Waals surface area contributed by atoms with E-state index in [1.165, 1.54) is 38.5 Å². The quantitative estimate of drug-likeness (QED) is 0.0111. The number of hydrogen-bond donors (Lipinski definition) is 6. The second kappa shape index (κ2) is 39.1. The number of phosphoric ester groups is 2. The van der Waals surface area contributed by atoms with Gasteiger partial charge in [-0.3, -0.25) is 23.2 Å². The van der Waals surface area contributed by atoms with E-state index in [9.17, 15) is 38.9 Å². The lowest BCUT2D eigenvalue weighted by atomic mass is 10.1. The number of ether oxygens (including phenoxy) is 2. The Balaban J connectivity index is 4.81. The summed E-state index contributed by atoms with van der Waals surface area (Å²) < 4.78 is 47.6. The lowest BCUT2D eigenvalue weighted by Crippen LogP contribution is -2.30. The van der Waals surface area contributed by atoms with E-state index in [2.05, 4.69) is 53.3 Å². The van der Waals surface area contributed by atoms with Gasteiger partial charge in [0.1, 0.15) is 12.7 Å². The molecule has 0 heterocycles. The van der Waals surface area contributed by atoms with Crippen LogP contribution in [0.25, 0.3) is 0 Å². The fraction of sp³-hybridized carbons (Fsp3) is 0.682. The lowest BCUT2D eigenvalue weighted by molar-refractivity contribution is -0.161. The maximum absolute atomic E-state index is 12.7. The number of aliphatic hydroxyl groups is 3. The molecule has 15 nitrogen and oxygen atoms in total. The van der Waals surface area contributed by atoms with Crippen LogP contribution < -0.4 is 0 Å². The first-order chi connectivity index (χ1) is 29.2. The molecule has 0 rings (SSSR count). The van der Waals surface area contributed by atoms with Crippen LogP contribution in [0.4, 0.5) is 0 Å². The SMILES string of the molecule is CCCCC/C=C\C[C@@H](O)/C=C/C=C/C=C\[C@@H](O)CCCC(=O)OC[C@H](COP(=O)(O)OC[C@@H](O)COP(=O)(O)O)OC(=O)CCCCCCC/C=C\C=C/CCCCCC. The predicted molar refractivity (Wildman–Crippen MR) is 237 cm³/mol. The summed E-state index contributed by atoms with van der Waals surface area (Å²) in [6.07, 6.45) is 35.2. The summed E-state index contributed by atoms with van der Waals surface area (Å²) in [6, 6.07) is 0. The van der Waals surface area contributed by atoms with Crippen LogP contribution in [-0.4, -0.2) is 92.8 Å². The molecule has 0 amide bonds. The van der Waals surface area contributed by atoms with E-state index in [-0.39, 0.29) is 25.7 Å². The molecule has 0 bridgehead atoms. The minimum atomic E-state index is -4.89. The van der Waals surface area contributed by atoms with Crippen molar-refractivity contribution >= 4 is 27.6 Å². The highest BCUT2D eigenvalue weighted by Crippen LogP contribution is 2.43. The Morgan fingerprint density at radius 3 is 1.72 bits per heavy atom. The molecule has 0 radical (unpaired) electrons. The highest BCUT2D eigenvalue weighted by Gasteiger charge is 2.28. The standard InChI is InChI=1S/C44H76O15P2/c1-3-5-7-9-11-12-13-14-15-16-17-18-19-21-27-33-44(49)59-42(38-58-61(53,54)57-36-41(47)35-56-60(50,51)52)37-55-43(48)34-28-32-40(46)31-26-23-22-25-30-39(45)29-24-20-10-8-6-4-2/h12-15,20,22-26,30-31,39-42,45-47H,3-11,16-19,21,27-29,32-38H2,1-2H3,(H,53,54)(H2,50,51,52)/b13-12-,15-14-,23-22+,24-20-,30-25+,31-26-/t39-,40-,41+,42-/m1/s1.